The van der Waals surface area contributed by atoms with Crippen molar-refractivity contribution >= 4 is 27.5 Å². The Balaban J connectivity index is 1.11. The molecular formula is C45H32N4. The van der Waals surface area contributed by atoms with Crippen LogP contribution in [0.1, 0.15) is 12.8 Å². The molecule has 0 bridgehead atoms. The number of fused-ring (bicyclic) bond motifs is 3. The minimum Gasteiger partial charge on any atom is -0.313 e. The Morgan fingerprint density at radius 2 is 1.14 bits per heavy atom. The summed E-state index contributed by atoms with van der Waals surface area (Å²) in [5.74, 6) is 0. The molecule has 8 aromatic rings. The number of hydrogen-bond acceptors (Lipinski definition) is 3. The van der Waals surface area contributed by atoms with Gasteiger partial charge >= 0.3 is 0 Å². The number of aromatic nitrogens is 4. The van der Waals surface area contributed by atoms with Crippen LogP contribution in [0, 0.1) is 0 Å². The third kappa shape index (κ3) is 5.43. The molecule has 4 heterocycles. The van der Waals surface area contributed by atoms with E-state index < -0.39 is 0 Å². The predicted molar refractivity (Wildman–Crippen MR) is 203 cm³/mol. The highest BCUT2D eigenvalue weighted by molar-refractivity contribution is 6.11. The Morgan fingerprint density at radius 1 is 0.469 bits per heavy atom. The van der Waals surface area contributed by atoms with Gasteiger partial charge in [-0.15, -0.1) is 0 Å². The maximum atomic E-state index is 5.13. The number of hydrogen-bond donors (Lipinski definition) is 0. The Hall–Kier alpha value is -6.39. The summed E-state index contributed by atoms with van der Waals surface area (Å²) in [4.78, 5) is 14.0. The van der Waals surface area contributed by atoms with Gasteiger partial charge in [-0.2, -0.15) is 0 Å². The quantitative estimate of drug-likeness (QED) is 0.184. The molecule has 1 aliphatic rings. The van der Waals surface area contributed by atoms with Crippen LogP contribution < -0.4 is 0 Å². The fourth-order valence-electron chi connectivity index (χ4n) is 6.98. The lowest BCUT2D eigenvalue weighted by Gasteiger charge is -2.14. The smallest absolute Gasteiger partial charge is 0.0731 e. The van der Waals surface area contributed by atoms with Crippen LogP contribution in [-0.2, 0) is 0 Å². The highest BCUT2D eigenvalue weighted by Gasteiger charge is 2.16. The van der Waals surface area contributed by atoms with Gasteiger partial charge in [0.25, 0.3) is 0 Å². The SMILES string of the molecule is C1=CCCC(n2c3ccncc3c3cc(-c4ccc(-c5cc(-c6cccnc6)nc(-c6cccc(-c7ccccc7)c6)c5)cc4)ccc32)=C1. The van der Waals surface area contributed by atoms with Crippen LogP contribution in [-0.4, -0.2) is 19.5 Å². The Bertz CT molecular complexity index is 2520. The molecule has 0 spiro atoms. The van der Waals surface area contributed by atoms with Crippen molar-refractivity contribution in [3.05, 3.63) is 170 Å². The molecule has 0 fully saturated rings. The van der Waals surface area contributed by atoms with E-state index in [-0.39, 0.29) is 0 Å². The molecule has 0 radical (unpaired) electrons. The van der Waals surface area contributed by atoms with Crippen molar-refractivity contribution in [2.24, 2.45) is 0 Å². The van der Waals surface area contributed by atoms with Crippen molar-refractivity contribution in [3.63, 3.8) is 0 Å². The molecule has 4 heteroatoms. The van der Waals surface area contributed by atoms with Gasteiger partial charge in [0.1, 0.15) is 0 Å². The molecule has 4 aromatic heterocycles. The van der Waals surface area contributed by atoms with Gasteiger partial charge in [0.05, 0.1) is 22.4 Å². The molecule has 4 nitrogen and oxygen atoms in total. The number of nitrogens with zero attached hydrogens (tertiary/aromatic N) is 4. The fourth-order valence-corrected chi connectivity index (χ4v) is 6.98. The van der Waals surface area contributed by atoms with Crippen LogP contribution in [0.25, 0.3) is 83.4 Å². The van der Waals surface area contributed by atoms with Crippen molar-refractivity contribution in [1.82, 2.24) is 19.5 Å². The summed E-state index contributed by atoms with van der Waals surface area (Å²) in [6, 6.07) is 45.3. The second kappa shape index (κ2) is 12.3. The van der Waals surface area contributed by atoms with E-state index in [0.717, 1.165) is 46.5 Å². The lowest BCUT2D eigenvalue weighted by atomic mass is 9.96. The van der Waals surface area contributed by atoms with E-state index >= 15 is 0 Å². The molecule has 0 saturated carbocycles. The minimum absolute atomic E-state index is 0.897. The van der Waals surface area contributed by atoms with Gasteiger partial charge in [0, 0.05) is 52.4 Å². The summed E-state index contributed by atoms with van der Waals surface area (Å²) in [5, 5.41) is 2.40. The number of allylic oxidation sites excluding steroid dienone is 4. The molecule has 1 aliphatic carbocycles. The molecule has 0 saturated heterocycles. The zero-order valence-electron chi connectivity index (χ0n) is 26.9. The van der Waals surface area contributed by atoms with Gasteiger partial charge < -0.3 is 4.57 Å². The van der Waals surface area contributed by atoms with E-state index in [0.29, 0.717) is 0 Å². The first kappa shape index (κ1) is 28.8. The molecule has 0 N–H and O–H groups in total. The van der Waals surface area contributed by atoms with E-state index in [1.54, 1.807) is 6.20 Å². The standard InChI is InChI=1S/C45H32N4/c1-3-9-31(10-4-1)34-11-7-12-36(25-34)42-27-38(28-43(48-42)37-13-8-23-46-29-37)33-18-16-32(17-19-33)35-20-21-44-40(26-35)41-30-47-24-22-45(41)49(44)39-14-5-2-6-15-39/h1-5,7-14,16-30H,6,15H2. The van der Waals surface area contributed by atoms with Gasteiger partial charge in [0.2, 0.25) is 0 Å². The van der Waals surface area contributed by atoms with Crippen molar-refractivity contribution in [2.45, 2.75) is 12.8 Å². The largest absolute Gasteiger partial charge is 0.313 e. The van der Waals surface area contributed by atoms with Gasteiger partial charge in [-0.25, -0.2) is 4.98 Å². The van der Waals surface area contributed by atoms with Crippen LogP contribution in [0.2, 0.25) is 0 Å². The summed E-state index contributed by atoms with van der Waals surface area (Å²) in [6.45, 7) is 0. The number of benzene rings is 4. The molecule has 9 rings (SSSR count). The van der Waals surface area contributed by atoms with E-state index in [4.69, 9.17) is 4.98 Å². The molecule has 232 valence electrons. The van der Waals surface area contributed by atoms with E-state index in [1.165, 1.54) is 49.8 Å². The Labute approximate surface area is 285 Å². The monoisotopic (exact) mass is 628 g/mol. The summed E-state index contributed by atoms with van der Waals surface area (Å²) in [6.07, 6.45) is 16.3. The van der Waals surface area contributed by atoms with Crippen LogP contribution >= 0.6 is 0 Å². The summed E-state index contributed by atoms with van der Waals surface area (Å²) in [5.41, 5.74) is 14.6. The average Bonchev–Trinajstić information content (AvgIpc) is 3.52. The van der Waals surface area contributed by atoms with Crippen molar-refractivity contribution in [1.29, 1.82) is 0 Å². The first-order chi connectivity index (χ1) is 24.3. The lowest BCUT2D eigenvalue weighted by Crippen LogP contribution is -1.98. The maximum absolute atomic E-state index is 5.13. The molecule has 0 aliphatic heterocycles. The Kier molecular flexibility index (Phi) is 7.25. The lowest BCUT2D eigenvalue weighted by molar-refractivity contribution is 0.979. The normalized spacial score (nSPS) is 12.8. The van der Waals surface area contributed by atoms with Crippen molar-refractivity contribution < 1.29 is 0 Å². The maximum Gasteiger partial charge on any atom is 0.0731 e. The number of rotatable bonds is 6. The third-order valence-corrected chi connectivity index (χ3v) is 9.45. The summed E-state index contributed by atoms with van der Waals surface area (Å²) in [7, 11) is 0. The first-order valence-corrected chi connectivity index (χ1v) is 16.7. The molecule has 49 heavy (non-hydrogen) atoms. The minimum atomic E-state index is 0.897. The molecule has 0 atom stereocenters. The van der Waals surface area contributed by atoms with Crippen molar-refractivity contribution in [3.8, 4) is 55.9 Å². The van der Waals surface area contributed by atoms with E-state index in [2.05, 4.69) is 148 Å². The fraction of sp³-hybridized carbons (Fsp3) is 0.0444. The molecule has 4 aromatic carbocycles. The molecule has 0 unspecified atom stereocenters. The van der Waals surface area contributed by atoms with Gasteiger partial charge in [-0.3, -0.25) is 9.97 Å². The highest BCUT2D eigenvalue weighted by Crippen LogP contribution is 2.37. The van der Waals surface area contributed by atoms with Gasteiger partial charge in [-0.1, -0.05) is 91.0 Å². The number of pyridine rings is 3. The second-order valence-electron chi connectivity index (χ2n) is 12.5. The summed E-state index contributed by atoms with van der Waals surface area (Å²) >= 11 is 0. The first-order valence-electron chi connectivity index (χ1n) is 16.7. The van der Waals surface area contributed by atoms with Crippen molar-refractivity contribution in [2.75, 3.05) is 0 Å². The van der Waals surface area contributed by atoms with Crippen LogP contribution in [0.15, 0.2) is 170 Å². The van der Waals surface area contributed by atoms with E-state index in [9.17, 15) is 0 Å². The molecular weight excluding hydrogens is 597 g/mol. The zero-order valence-corrected chi connectivity index (χ0v) is 26.9. The predicted octanol–water partition coefficient (Wildman–Crippen LogP) is 11.5. The molecule has 0 amide bonds. The highest BCUT2D eigenvalue weighted by atomic mass is 15.0. The third-order valence-electron chi connectivity index (χ3n) is 9.45. The van der Waals surface area contributed by atoms with Crippen LogP contribution in [0.3, 0.4) is 0 Å². The van der Waals surface area contributed by atoms with Crippen LogP contribution in [0.4, 0.5) is 0 Å². The van der Waals surface area contributed by atoms with Gasteiger partial charge in [-0.05, 0) is 101 Å². The van der Waals surface area contributed by atoms with Gasteiger partial charge in [0.15, 0.2) is 0 Å². The average molecular weight is 629 g/mol. The topological polar surface area (TPSA) is 43.6 Å². The van der Waals surface area contributed by atoms with Crippen LogP contribution in [0.5, 0.6) is 0 Å². The Morgan fingerprint density at radius 3 is 1.94 bits per heavy atom. The summed E-state index contributed by atoms with van der Waals surface area (Å²) < 4.78 is 2.40. The zero-order chi connectivity index (χ0) is 32.6. The second-order valence-corrected chi connectivity index (χ2v) is 12.5. The van der Waals surface area contributed by atoms with E-state index in [1.807, 2.05) is 30.7 Å².